The van der Waals surface area contributed by atoms with Crippen molar-refractivity contribution in [3.8, 4) is 0 Å². The fourth-order valence-electron chi connectivity index (χ4n) is 1.57. The topological polar surface area (TPSA) is 65.1 Å². The molecule has 0 aliphatic rings. The molecule has 1 heterocycles. The van der Waals surface area contributed by atoms with Crippen LogP contribution in [0, 0.1) is 0 Å². The standard InChI is InChI=1S/C12H14N2O2/c15-7-1-5-14-12(16)10-3-2-9-4-6-13-11(9)8-10/h2-4,6,8,13,15H,1,5,7H2,(H,14,16). The third-order valence-corrected chi connectivity index (χ3v) is 2.44. The van der Waals surface area contributed by atoms with Gasteiger partial charge in [-0.3, -0.25) is 4.79 Å². The van der Waals surface area contributed by atoms with Crippen LogP contribution in [0.25, 0.3) is 10.9 Å². The number of hydrogen-bond acceptors (Lipinski definition) is 2. The summed E-state index contributed by atoms with van der Waals surface area (Å²) in [6.07, 6.45) is 2.43. The van der Waals surface area contributed by atoms with Crippen molar-refractivity contribution in [2.75, 3.05) is 13.2 Å². The second kappa shape index (κ2) is 4.81. The molecule has 0 aliphatic carbocycles. The smallest absolute Gasteiger partial charge is 0.251 e. The van der Waals surface area contributed by atoms with Gasteiger partial charge in [0.15, 0.2) is 0 Å². The van der Waals surface area contributed by atoms with Crippen molar-refractivity contribution in [2.24, 2.45) is 0 Å². The Morgan fingerprint density at radius 3 is 3.06 bits per heavy atom. The number of amides is 1. The van der Waals surface area contributed by atoms with Crippen LogP contribution in [0.4, 0.5) is 0 Å². The molecule has 0 radical (unpaired) electrons. The SMILES string of the molecule is O=C(NCCCO)c1ccc2cc[nH]c2c1. The molecule has 2 rings (SSSR count). The summed E-state index contributed by atoms with van der Waals surface area (Å²) >= 11 is 0. The molecule has 4 nitrogen and oxygen atoms in total. The number of aromatic nitrogens is 1. The van der Waals surface area contributed by atoms with E-state index < -0.39 is 0 Å². The maximum Gasteiger partial charge on any atom is 0.251 e. The number of benzene rings is 1. The van der Waals surface area contributed by atoms with Crippen LogP contribution < -0.4 is 5.32 Å². The minimum atomic E-state index is -0.107. The first-order valence-electron chi connectivity index (χ1n) is 5.27. The molecule has 16 heavy (non-hydrogen) atoms. The number of aliphatic hydroxyl groups excluding tert-OH is 1. The molecule has 0 aliphatic heterocycles. The van der Waals surface area contributed by atoms with Crippen molar-refractivity contribution in [2.45, 2.75) is 6.42 Å². The number of carbonyl (C=O) groups is 1. The van der Waals surface area contributed by atoms with Gasteiger partial charge in [0.1, 0.15) is 0 Å². The molecule has 0 atom stereocenters. The first-order chi connectivity index (χ1) is 7.81. The van der Waals surface area contributed by atoms with Crippen LogP contribution in [-0.4, -0.2) is 29.1 Å². The summed E-state index contributed by atoms with van der Waals surface area (Å²) in [6, 6.07) is 7.49. The molecular weight excluding hydrogens is 204 g/mol. The molecule has 4 heteroatoms. The zero-order valence-electron chi connectivity index (χ0n) is 8.86. The van der Waals surface area contributed by atoms with Crippen LogP contribution in [0.15, 0.2) is 30.5 Å². The van der Waals surface area contributed by atoms with E-state index in [1.807, 2.05) is 24.4 Å². The van der Waals surface area contributed by atoms with E-state index in [0.29, 0.717) is 18.5 Å². The Balaban J connectivity index is 2.10. The van der Waals surface area contributed by atoms with Crippen molar-refractivity contribution >= 4 is 16.8 Å². The van der Waals surface area contributed by atoms with E-state index in [4.69, 9.17) is 5.11 Å². The maximum absolute atomic E-state index is 11.7. The van der Waals surface area contributed by atoms with E-state index in [1.165, 1.54) is 0 Å². The Kier molecular flexibility index (Phi) is 3.22. The lowest BCUT2D eigenvalue weighted by Gasteiger charge is -2.03. The summed E-state index contributed by atoms with van der Waals surface area (Å²) < 4.78 is 0. The van der Waals surface area contributed by atoms with Crippen molar-refractivity contribution < 1.29 is 9.90 Å². The number of rotatable bonds is 4. The van der Waals surface area contributed by atoms with E-state index in [2.05, 4.69) is 10.3 Å². The van der Waals surface area contributed by atoms with Gasteiger partial charge in [-0.2, -0.15) is 0 Å². The lowest BCUT2D eigenvalue weighted by atomic mass is 10.1. The maximum atomic E-state index is 11.7. The second-order valence-corrected chi connectivity index (χ2v) is 3.61. The summed E-state index contributed by atoms with van der Waals surface area (Å²) in [7, 11) is 0. The largest absolute Gasteiger partial charge is 0.396 e. The van der Waals surface area contributed by atoms with Gasteiger partial charge in [-0.1, -0.05) is 6.07 Å². The Bertz CT molecular complexity index is 490. The molecular formula is C12H14N2O2. The second-order valence-electron chi connectivity index (χ2n) is 3.61. The van der Waals surface area contributed by atoms with E-state index in [0.717, 1.165) is 10.9 Å². The summed E-state index contributed by atoms with van der Waals surface area (Å²) in [4.78, 5) is 14.7. The molecule has 2 aromatic rings. The average molecular weight is 218 g/mol. The van der Waals surface area contributed by atoms with Gasteiger partial charge in [-0.25, -0.2) is 0 Å². The molecule has 0 fully saturated rings. The first kappa shape index (κ1) is 10.7. The first-order valence-corrected chi connectivity index (χ1v) is 5.27. The Morgan fingerprint density at radius 1 is 1.38 bits per heavy atom. The van der Waals surface area contributed by atoms with Crippen molar-refractivity contribution in [3.63, 3.8) is 0 Å². The number of carbonyl (C=O) groups excluding carboxylic acids is 1. The number of H-pyrrole nitrogens is 1. The van der Waals surface area contributed by atoms with Crippen molar-refractivity contribution in [3.05, 3.63) is 36.0 Å². The zero-order chi connectivity index (χ0) is 11.4. The zero-order valence-corrected chi connectivity index (χ0v) is 8.86. The van der Waals surface area contributed by atoms with Crippen LogP contribution in [-0.2, 0) is 0 Å². The highest BCUT2D eigenvalue weighted by Crippen LogP contribution is 2.13. The molecule has 1 aromatic carbocycles. The van der Waals surface area contributed by atoms with Crippen LogP contribution in [0.2, 0.25) is 0 Å². The van der Waals surface area contributed by atoms with Gasteiger partial charge in [0.25, 0.3) is 5.91 Å². The van der Waals surface area contributed by atoms with Crippen LogP contribution in [0.5, 0.6) is 0 Å². The number of nitrogens with one attached hydrogen (secondary N) is 2. The van der Waals surface area contributed by atoms with Gasteiger partial charge in [0.05, 0.1) is 0 Å². The summed E-state index contributed by atoms with van der Waals surface area (Å²) in [5.41, 5.74) is 1.59. The third-order valence-electron chi connectivity index (χ3n) is 2.44. The highest BCUT2D eigenvalue weighted by atomic mass is 16.3. The lowest BCUT2D eigenvalue weighted by Crippen LogP contribution is -2.24. The molecule has 1 amide bonds. The van der Waals surface area contributed by atoms with E-state index in [9.17, 15) is 4.79 Å². The molecule has 1 aromatic heterocycles. The molecule has 0 bridgehead atoms. The monoisotopic (exact) mass is 218 g/mol. The van der Waals surface area contributed by atoms with E-state index in [1.54, 1.807) is 6.07 Å². The number of fused-ring (bicyclic) bond motifs is 1. The van der Waals surface area contributed by atoms with Crippen molar-refractivity contribution in [1.82, 2.24) is 10.3 Å². The molecule has 0 unspecified atom stereocenters. The minimum Gasteiger partial charge on any atom is -0.396 e. The minimum absolute atomic E-state index is 0.0932. The summed E-state index contributed by atoms with van der Waals surface area (Å²) in [5.74, 6) is -0.107. The fourth-order valence-corrected chi connectivity index (χ4v) is 1.57. The number of aromatic amines is 1. The van der Waals surface area contributed by atoms with E-state index >= 15 is 0 Å². The van der Waals surface area contributed by atoms with E-state index in [-0.39, 0.29) is 12.5 Å². The molecule has 0 saturated heterocycles. The van der Waals surface area contributed by atoms with Gasteiger partial charge in [0, 0.05) is 30.4 Å². The fraction of sp³-hybridized carbons (Fsp3) is 0.250. The average Bonchev–Trinajstić information content (AvgIpc) is 2.76. The Labute approximate surface area is 93.3 Å². The summed E-state index contributed by atoms with van der Waals surface area (Å²) in [5, 5.41) is 12.4. The number of aliphatic hydroxyl groups is 1. The molecule has 0 spiro atoms. The third kappa shape index (κ3) is 2.23. The van der Waals surface area contributed by atoms with Crippen LogP contribution >= 0.6 is 0 Å². The highest BCUT2D eigenvalue weighted by molar-refractivity contribution is 5.97. The van der Waals surface area contributed by atoms with Crippen molar-refractivity contribution in [1.29, 1.82) is 0 Å². The Morgan fingerprint density at radius 2 is 2.25 bits per heavy atom. The highest BCUT2D eigenvalue weighted by Gasteiger charge is 2.05. The van der Waals surface area contributed by atoms with Gasteiger partial charge in [-0.05, 0) is 30.0 Å². The Hall–Kier alpha value is -1.81. The van der Waals surface area contributed by atoms with Crippen LogP contribution in [0.1, 0.15) is 16.8 Å². The van der Waals surface area contributed by atoms with Crippen LogP contribution in [0.3, 0.4) is 0 Å². The number of hydrogen-bond donors (Lipinski definition) is 3. The lowest BCUT2D eigenvalue weighted by molar-refractivity contribution is 0.0951. The van der Waals surface area contributed by atoms with Gasteiger partial charge >= 0.3 is 0 Å². The quantitative estimate of drug-likeness (QED) is 0.677. The predicted molar refractivity (Wildman–Crippen MR) is 62.3 cm³/mol. The normalized spacial score (nSPS) is 10.6. The predicted octanol–water partition coefficient (Wildman–Crippen LogP) is 1.28. The molecule has 84 valence electrons. The van der Waals surface area contributed by atoms with Gasteiger partial charge in [0.2, 0.25) is 0 Å². The van der Waals surface area contributed by atoms with Gasteiger partial charge in [-0.15, -0.1) is 0 Å². The molecule has 0 saturated carbocycles. The molecule has 3 N–H and O–H groups in total. The summed E-state index contributed by atoms with van der Waals surface area (Å²) in [6.45, 7) is 0.591. The van der Waals surface area contributed by atoms with Gasteiger partial charge < -0.3 is 15.4 Å².